The minimum absolute atomic E-state index is 0.00651. The van der Waals surface area contributed by atoms with E-state index in [2.05, 4.69) is 28.2 Å². The van der Waals surface area contributed by atoms with E-state index in [0.717, 1.165) is 25.9 Å². The van der Waals surface area contributed by atoms with Gasteiger partial charge in [-0.05, 0) is 51.6 Å². The highest BCUT2D eigenvalue weighted by Crippen LogP contribution is 2.26. The van der Waals surface area contributed by atoms with E-state index in [-0.39, 0.29) is 24.1 Å². The third kappa shape index (κ3) is 3.95. The first-order valence-corrected chi connectivity index (χ1v) is 9.02. The van der Waals surface area contributed by atoms with Gasteiger partial charge in [-0.15, -0.1) is 0 Å². The standard InChI is InChI=1S/C16H29N5O2/c1-11(12-5-3-2-4-6-12)18-14-19-15(22)21(16(23)20-14)13-7-9-17-10-8-13/h11-14,17-18H,2-10H2,1H3,(H,19,22)(H,20,23)/t11-/m0/s1. The largest absolute Gasteiger partial charge is 0.328 e. The molecule has 7 nitrogen and oxygen atoms in total. The van der Waals surface area contributed by atoms with Crippen LogP contribution in [-0.4, -0.2) is 48.4 Å². The van der Waals surface area contributed by atoms with E-state index < -0.39 is 6.29 Å². The molecule has 0 aromatic carbocycles. The minimum Gasteiger partial charge on any atom is -0.317 e. The quantitative estimate of drug-likeness (QED) is 0.628. The van der Waals surface area contributed by atoms with E-state index in [0.29, 0.717) is 5.92 Å². The van der Waals surface area contributed by atoms with Crippen molar-refractivity contribution in [2.24, 2.45) is 5.92 Å². The first-order valence-electron chi connectivity index (χ1n) is 9.02. The maximum atomic E-state index is 12.4. The van der Waals surface area contributed by atoms with Crippen LogP contribution in [0.15, 0.2) is 0 Å². The molecule has 2 heterocycles. The third-order valence-electron chi connectivity index (χ3n) is 5.43. The Morgan fingerprint density at radius 3 is 2.22 bits per heavy atom. The molecule has 0 aromatic heterocycles. The molecule has 130 valence electrons. The molecule has 2 aliphatic heterocycles. The lowest BCUT2D eigenvalue weighted by Gasteiger charge is -2.40. The van der Waals surface area contributed by atoms with Crippen LogP contribution in [-0.2, 0) is 0 Å². The normalized spacial score (nSPS) is 26.7. The van der Waals surface area contributed by atoms with Crippen LogP contribution >= 0.6 is 0 Å². The summed E-state index contributed by atoms with van der Waals surface area (Å²) in [5.41, 5.74) is 0. The first-order chi connectivity index (χ1) is 11.1. The molecule has 1 aliphatic carbocycles. The summed E-state index contributed by atoms with van der Waals surface area (Å²) < 4.78 is 0. The number of nitrogens with zero attached hydrogens (tertiary/aromatic N) is 1. The minimum atomic E-state index is -0.468. The predicted molar refractivity (Wildman–Crippen MR) is 87.8 cm³/mol. The van der Waals surface area contributed by atoms with E-state index in [4.69, 9.17) is 0 Å². The molecule has 0 radical (unpaired) electrons. The Kier molecular flexibility index (Phi) is 5.38. The summed E-state index contributed by atoms with van der Waals surface area (Å²) >= 11 is 0. The number of imide groups is 1. The van der Waals surface area contributed by atoms with Gasteiger partial charge in [0.25, 0.3) is 0 Å². The molecular formula is C16H29N5O2. The van der Waals surface area contributed by atoms with Gasteiger partial charge in [0.1, 0.15) is 0 Å². The smallest absolute Gasteiger partial charge is 0.317 e. The number of rotatable bonds is 4. The van der Waals surface area contributed by atoms with Crippen LogP contribution in [0.5, 0.6) is 0 Å². The molecule has 0 bridgehead atoms. The van der Waals surface area contributed by atoms with E-state index in [9.17, 15) is 9.59 Å². The number of piperidine rings is 1. The van der Waals surface area contributed by atoms with Gasteiger partial charge in [-0.3, -0.25) is 5.32 Å². The lowest BCUT2D eigenvalue weighted by molar-refractivity contribution is 0.128. The average molecular weight is 323 g/mol. The van der Waals surface area contributed by atoms with E-state index in [1.54, 1.807) is 0 Å². The van der Waals surface area contributed by atoms with Gasteiger partial charge in [0.15, 0.2) is 6.29 Å². The highest BCUT2D eigenvalue weighted by molar-refractivity contribution is 5.96. The molecule has 4 N–H and O–H groups in total. The SMILES string of the molecule is C[C@H](NC1NC(=O)N(C2CCNCC2)C(=O)N1)C1CCCCC1. The van der Waals surface area contributed by atoms with Crippen LogP contribution in [0.4, 0.5) is 9.59 Å². The molecule has 0 aromatic rings. The Labute approximate surface area is 137 Å². The van der Waals surface area contributed by atoms with Crippen LogP contribution < -0.4 is 21.3 Å². The summed E-state index contributed by atoms with van der Waals surface area (Å²) in [5.74, 6) is 0.625. The summed E-state index contributed by atoms with van der Waals surface area (Å²) in [6.07, 6.45) is 7.51. The molecule has 0 spiro atoms. The monoisotopic (exact) mass is 323 g/mol. The summed E-state index contributed by atoms with van der Waals surface area (Å²) in [7, 11) is 0. The highest BCUT2D eigenvalue weighted by atomic mass is 16.2. The zero-order valence-electron chi connectivity index (χ0n) is 13.9. The Balaban J connectivity index is 1.53. The van der Waals surface area contributed by atoms with Crippen LogP contribution in [0.3, 0.4) is 0 Å². The number of hydrogen-bond donors (Lipinski definition) is 4. The number of carbonyl (C=O) groups is 2. The summed E-state index contributed by atoms with van der Waals surface area (Å²) in [5, 5.41) is 12.4. The maximum absolute atomic E-state index is 12.4. The lowest BCUT2D eigenvalue weighted by Crippen LogP contribution is -2.71. The Morgan fingerprint density at radius 2 is 1.61 bits per heavy atom. The van der Waals surface area contributed by atoms with Gasteiger partial charge >= 0.3 is 12.1 Å². The van der Waals surface area contributed by atoms with Crippen LogP contribution in [0.25, 0.3) is 0 Å². The van der Waals surface area contributed by atoms with Crippen LogP contribution in [0.1, 0.15) is 51.9 Å². The van der Waals surface area contributed by atoms with E-state index in [1.807, 2.05) is 0 Å². The highest BCUT2D eigenvalue weighted by Gasteiger charge is 2.37. The summed E-state index contributed by atoms with van der Waals surface area (Å²) in [6, 6.07) is -0.290. The van der Waals surface area contributed by atoms with Crippen molar-refractivity contribution in [3.8, 4) is 0 Å². The lowest BCUT2D eigenvalue weighted by atomic mass is 9.84. The number of nitrogens with one attached hydrogen (secondary N) is 4. The predicted octanol–water partition coefficient (Wildman–Crippen LogP) is 1.32. The van der Waals surface area contributed by atoms with Gasteiger partial charge in [-0.25, -0.2) is 14.5 Å². The average Bonchev–Trinajstić information content (AvgIpc) is 2.56. The zero-order chi connectivity index (χ0) is 16.2. The van der Waals surface area contributed by atoms with Gasteiger partial charge < -0.3 is 16.0 Å². The van der Waals surface area contributed by atoms with Crippen molar-refractivity contribution >= 4 is 12.1 Å². The van der Waals surface area contributed by atoms with Crippen LogP contribution in [0.2, 0.25) is 0 Å². The summed E-state index contributed by atoms with van der Waals surface area (Å²) in [4.78, 5) is 26.1. The number of carbonyl (C=O) groups excluding carboxylic acids is 2. The molecule has 4 amide bonds. The molecule has 3 fully saturated rings. The third-order valence-corrected chi connectivity index (χ3v) is 5.43. The molecule has 1 saturated carbocycles. The molecule has 3 aliphatic rings. The molecule has 7 heteroatoms. The fourth-order valence-electron chi connectivity index (χ4n) is 4.03. The van der Waals surface area contributed by atoms with Crippen molar-refractivity contribution in [1.82, 2.24) is 26.2 Å². The van der Waals surface area contributed by atoms with Gasteiger partial charge in [0.2, 0.25) is 0 Å². The Morgan fingerprint density at radius 1 is 1.00 bits per heavy atom. The Bertz CT molecular complexity index is 414. The van der Waals surface area contributed by atoms with Crippen molar-refractivity contribution in [2.75, 3.05) is 13.1 Å². The molecule has 23 heavy (non-hydrogen) atoms. The fraction of sp³-hybridized carbons (Fsp3) is 0.875. The second kappa shape index (κ2) is 7.49. The topological polar surface area (TPSA) is 85.5 Å². The summed E-state index contributed by atoms with van der Waals surface area (Å²) in [6.45, 7) is 3.84. The van der Waals surface area contributed by atoms with Crippen molar-refractivity contribution in [3.05, 3.63) is 0 Å². The maximum Gasteiger partial charge on any atom is 0.328 e. The van der Waals surface area contributed by atoms with Gasteiger partial charge in [0, 0.05) is 12.1 Å². The number of urea groups is 2. The molecule has 1 atom stereocenters. The van der Waals surface area contributed by atoms with Crippen LogP contribution in [0, 0.1) is 5.92 Å². The molecule has 2 saturated heterocycles. The second-order valence-corrected chi connectivity index (χ2v) is 7.04. The van der Waals surface area contributed by atoms with Gasteiger partial charge in [-0.1, -0.05) is 19.3 Å². The molecule has 3 rings (SSSR count). The van der Waals surface area contributed by atoms with Crippen molar-refractivity contribution in [1.29, 1.82) is 0 Å². The van der Waals surface area contributed by atoms with E-state index >= 15 is 0 Å². The van der Waals surface area contributed by atoms with Crippen molar-refractivity contribution in [2.45, 2.75) is 70.2 Å². The van der Waals surface area contributed by atoms with Gasteiger partial charge in [-0.2, -0.15) is 0 Å². The molecule has 0 unspecified atom stereocenters. The number of hydrogen-bond acceptors (Lipinski definition) is 4. The number of amides is 4. The first kappa shape index (κ1) is 16.5. The van der Waals surface area contributed by atoms with Crippen molar-refractivity contribution < 1.29 is 9.59 Å². The fourth-order valence-corrected chi connectivity index (χ4v) is 4.03. The van der Waals surface area contributed by atoms with E-state index in [1.165, 1.54) is 37.0 Å². The molecular weight excluding hydrogens is 294 g/mol. The van der Waals surface area contributed by atoms with Crippen molar-refractivity contribution in [3.63, 3.8) is 0 Å². The Hall–Kier alpha value is -1.34. The zero-order valence-corrected chi connectivity index (χ0v) is 13.9. The van der Waals surface area contributed by atoms with Gasteiger partial charge in [0.05, 0.1) is 0 Å². The second-order valence-electron chi connectivity index (χ2n) is 7.04.